The average molecular weight is 632 g/mol. The van der Waals surface area contributed by atoms with Gasteiger partial charge in [0.1, 0.15) is 41.7 Å². The molecule has 1 aromatic carbocycles. The summed E-state index contributed by atoms with van der Waals surface area (Å²) in [4.78, 5) is 32.3. The number of carboxylic acid groups (broad SMARTS) is 1. The number of unbranched alkanes of at least 4 members (excludes halogenated alkanes) is 1. The van der Waals surface area contributed by atoms with E-state index < -0.39 is 23.6 Å². The molecule has 3 aromatic heterocycles. The van der Waals surface area contributed by atoms with Crippen molar-refractivity contribution in [1.29, 1.82) is 0 Å². The fourth-order valence-corrected chi connectivity index (χ4v) is 5.41. The number of rotatable bonds is 16. The molecule has 0 bridgehead atoms. The van der Waals surface area contributed by atoms with E-state index in [1.165, 1.54) is 5.56 Å². The van der Waals surface area contributed by atoms with Crippen LogP contribution in [0.5, 0.6) is 5.75 Å². The summed E-state index contributed by atoms with van der Waals surface area (Å²) in [5.41, 5.74) is 3.77. The molecule has 1 aliphatic heterocycles. The smallest absolute Gasteiger partial charge is 0.326 e. The van der Waals surface area contributed by atoms with Crippen molar-refractivity contribution in [3.05, 3.63) is 89.5 Å². The number of hydrogen-bond donors (Lipinski definition) is 3. The van der Waals surface area contributed by atoms with E-state index in [4.69, 9.17) is 9.72 Å². The zero-order valence-electron chi connectivity index (χ0n) is 25.9. The van der Waals surface area contributed by atoms with Crippen LogP contribution < -0.4 is 15.4 Å². The number of hydrogen-bond acceptors (Lipinski definition) is 9. The maximum absolute atomic E-state index is 13.6. The molecule has 10 nitrogen and oxygen atoms in total. The zero-order valence-corrected chi connectivity index (χ0v) is 25.9. The van der Waals surface area contributed by atoms with E-state index in [1.54, 1.807) is 30.6 Å². The van der Waals surface area contributed by atoms with Gasteiger partial charge < -0.3 is 20.5 Å². The van der Waals surface area contributed by atoms with Crippen LogP contribution in [0.15, 0.2) is 60.9 Å². The summed E-state index contributed by atoms with van der Waals surface area (Å²) in [6.45, 7) is 4.55. The van der Waals surface area contributed by atoms with Gasteiger partial charge in [-0.1, -0.05) is 6.07 Å². The van der Waals surface area contributed by atoms with E-state index >= 15 is 0 Å². The number of halogens is 2. The lowest BCUT2D eigenvalue weighted by molar-refractivity contribution is -0.138. The lowest BCUT2D eigenvalue weighted by Gasteiger charge is -2.25. The maximum atomic E-state index is 13.6. The van der Waals surface area contributed by atoms with Gasteiger partial charge in [0.25, 0.3) is 0 Å². The van der Waals surface area contributed by atoms with Crippen LogP contribution >= 0.6 is 0 Å². The highest BCUT2D eigenvalue weighted by Crippen LogP contribution is 2.21. The lowest BCUT2D eigenvalue weighted by atomic mass is 10.1. The molecule has 1 atom stereocenters. The summed E-state index contributed by atoms with van der Waals surface area (Å²) in [5.74, 6) is -0.428. The highest BCUT2D eigenvalue weighted by Gasteiger charge is 2.20. The Kier molecular flexibility index (Phi) is 11.4. The number of aliphatic carboxylic acids is 1. The number of pyridine rings is 2. The normalized spacial score (nSPS) is 13.1. The Bertz CT molecular complexity index is 1590. The number of aromatic nitrogens is 4. The third-order valence-corrected chi connectivity index (χ3v) is 7.77. The Hall–Kier alpha value is -4.71. The molecule has 0 amide bonds. The highest BCUT2D eigenvalue weighted by molar-refractivity contribution is 5.77. The second kappa shape index (κ2) is 16.0. The summed E-state index contributed by atoms with van der Waals surface area (Å²) in [5, 5.41) is 16.5. The van der Waals surface area contributed by atoms with Crippen LogP contribution in [-0.4, -0.2) is 74.7 Å². The number of aryl methyl sites for hydroxylation is 3. The quantitative estimate of drug-likeness (QED) is 0.136. The summed E-state index contributed by atoms with van der Waals surface area (Å²) in [6.07, 6.45) is 8.33. The monoisotopic (exact) mass is 631 g/mol. The van der Waals surface area contributed by atoms with Gasteiger partial charge in [-0.3, -0.25) is 9.88 Å². The van der Waals surface area contributed by atoms with Gasteiger partial charge in [-0.2, -0.15) is 0 Å². The Morgan fingerprint density at radius 2 is 1.83 bits per heavy atom. The molecule has 0 spiro atoms. The predicted molar refractivity (Wildman–Crippen MR) is 172 cm³/mol. The average Bonchev–Trinajstić information content (AvgIpc) is 3.04. The van der Waals surface area contributed by atoms with Crippen molar-refractivity contribution in [3.8, 4) is 17.1 Å². The summed E-state index contributed by atoms with van der Waals surface area (Å²) in [7, 11) is 0. The van der Waals surface area contributed by atoms with Gasteiger partial charge in [-0.15, -0.1) is 0 Å². The Labute approximate surface area is 267 Å². The zero-order chi connectivity index (χ0) is 32.3. The first-order valence-electron chi connectivity index (χ1n) is 15.6. The van der Waals surface area contributed by atoms with Crippen molar-refractivity contribution in [3.63, 3.8) is 0 Å². The Balaban J connectivity index is 1.20. The number of ether oxygens (including phenoxy) is 1. The molecule has 4 aromatic rings. The lowest BCUT2D eigenvalue weighted by Crippen LogP contribution is -2.37. The summed E-state index contributed by atoms with van der Waals surface area (Å²) in [6, 6.07) is 11.7. The van der Waals surface area contributed by atoms with Crippen LogP contribution in [0.1, 0.15) is 42.6 Å². The molecule has 46 heavy (non-hydrogen) atoms. The first kappa shape index (κ1) is 32.7. The molecule has 3 N–H and O–H groups in total. The number of carboxylic acids is 1. The molecule has 0 saturated heterocycles. The standard InChI is InChI=1S/C34H39F2N7O3/c1-23-19-31(42-33(39-23)25-9-13-37-14-10-25)41-30(34(44)45)11-16-43(17-18-46-29-21-26(35)20-27(36)22-29)15-3-2-6-28-8-7-24-5-4-12-38-32(24)40-28/h7-10,13-14,19-22,30H,2-6,11-12,15-18H2,1H3,(H,38,40)(H,44,45)(H,39,41,42)/t30-/m0/s1. The van der Waals surface area contributed by atoms with Crippen LogP contribution in [0.2, 0.25) is 0 Å². The van der Waals surface area contributed by atoms with Gasteiger partial charge in [0.15, 0.2) is 5.82 Å². The summed E-state index contributed by atoms with van der Waals surface area (Å²) < 4.78 is 33.0. The first-order chi connectivity index (χ1) is 22.3. The van der Waals surface area contributed by atoms with Crippen LogP contribution in [0.25, 0.3) is 11.4 Å². The van der Waals surface area contributed by atoms with Gasteiger partial charge >= 0.3 is 5.97 Å². The van der Waals surface area contributed by atoms with Crippen molar-refractivity contribution in [2.24, 2.45) is 0 Å². The van der Waals surface area contributed by atoms with Crippen molar-refractivity contribution in [2.75, 3.05) is 43.4 Å². The number of nitrogens with one attached hydrogen (secondary N) is 2. The minimum absolute atomic E-state index is 0.110. The minimum Gasteiger partial charge on any atom is -0.492 e. The van der Waals surface area contributed by atoms with E-state index in [0.29, 0.717) is 37.0 Å². The number of anilines is 2. The number of nitrogens with zero attached hydrogens (tertiary/aromatic N) is 5. The third-order valence-electron chi connectivity index (χ3n) is 7.77. The molecular weight excluding hydrogens is 592 g/mol. The molecule has 0 unspecified atom stereocenters. The number of fused-ring (bicyclic) bond motifs is 1. The van der Waals surface area contributed by atoms with Crippen molar-refractivity contribution >= 4 is 17.6 Å². The van der Waals surface area contributed by atoms with Crippen LogP contribution in [0.4, 0.5) is 20.4 Å². The second-order valence-corrected chi connectivity index (χ2v) is 11.4. The highest BCUT2D eigenvalue weighted by atomic mass is 19.1. The Morgan fingerprint density at radius 1 is 1.02 bits per heavy atom. The molecule has 0 saturated carbocycles. The van der Waals surface area contributed by atoms with Gasteiger partial charge in [0, 0.05) is 73.2 Å². The Morgan fingerprint density at radius 3 is 2.61 bits per heavy atom. The maximum Gasteiger partial charge on any atom is 0.326 e. The first-order valence-corrected chi connectivity index (χ1v) is 15.6. The number of carbonyl (C=O) groups is 1. The van der Waals surface area contributed by atoms with E-state index in [9.17, 15) is 18.7 Å². The fraction of sp³-hybridized carbons (Fsp3) is 0.382. The molecule has 5 rings (SSSR count). The molecule has 0 fully saturated rings. The van der Waals surface area contributed by atoms with Crippen molar-refractivity contribution < 1.29 is 23.4 Å². The molecule has 4 heterocycles. The molecule has 0 radical (unpaired) electrons. The van der Waals surface area contributed by atoms with E-state index in [1.807, 2.05) is 6.92 Å². The molecule has 0 aliphatic carbocycles. The van der Waals surface area contributed by atoms with Crippen LogP contribution in [-0.2, 0) is 17.6 Å². The minimum atomic E-state index is -1.000. The van der Waals surface area contributed by atoms with Crippen molar-refractivity contribution in [2.45, 2.75) is 51.5 Å². The molecule has 12 heteroatoms. The van der Waals surface area contributed by atoms with Gasteiger partial charge in [0.05, 0.1) is 0 Å². The third kappa shape index (κ3) is 9.64. The van der Waals surface area contributed by atoms with E-state index in [-0.39, 0.29) is 18.8 Å². The largest absolute Gasteiger partial charge is 0.492 e. The van der Waals surface area contributed by atoms with E-state index in [2.05, 4.69) is 42.6 Å². The van der Waals surface area contributed by atoms with Gasteiger partial charge in [-0.05, 0) is 75.8 Å². The molecular formula is C34H39F2N7O3. The van der Waals surface area contributed by atoms with Gasteiger partial charge in [0.2, 0.25) is 0 Å². The fourth-order valence-electron chi connectivity index (χ4n) is 5.41. The summed E-state index contributed by atoms with van der Waals surface area (Å²) >= 11 is 0. The molecule has 242 valence electrons. The predicted octanol–water partition coefficient (Wildman–Crippen LogP) is 5.54. The number of benzene rings is 1. The molecule has 1 aliphatic rings. The van der Waals surface area contributed by atoms with E-state index in [0.717, 1.165) is 73.9 Å². The van der Waals surface area contributed by atoms with Gasteiger partial charge in [-0.25, -0.2) is 28.5 Å². The van der Waals surface area contributed by atoms with Crippen LogP contribution in [0.3, 0.4) is 0 Å². The van der Waals surface area contributed by atoms with Crippen LogP contribution in [0, 0.1) is 18.6 Å². The topological polar surface area (TPSA) is 125 Å². The SMILES string of the molecule is Cc1cc(N[C@@H](CCN(CCCCc2ccc3c(n2)NCCC3)CCOc2cc(F)cc(F)c2)C(=O)O)nc(-c2ccncc2)n1. The second-order valence-electron chi connectivity index (χ2n) is 11.4. The van der Waals surface area contributed by atoms with Crippen molar-refractivity contribution in [1.82, 2.24) is 24.8 Å².